The molecule has 4 aromatic rings. The summed E-state index contributed by atoms with van der Waals surface area (Å²) in [4.78, 5) is 29.4. The molecule has 0 unspecified atom stereocenters. The first-order chi connectivity index (χ1) is 17.3. The third-order valence-corrected chi connectivity index (χ3v) is 5.88. The zero-order valence-corrected chi connectivity index (χ0v) is 20.2. The van der Waals surface area contributed by atoms with Crippen molar-refractivity contribution in [3.63, 3.8) is 0 Å². The van der Waals surface area contributed by atoms with Gasteiger partial charge in [-0.1, -0.05) is 28.1 Å². The predicted octanol–water partition coefficient (Wildman–Crippen LogP) is 4.87. The molecule has 1 N–H and O–H groups in total. The summed E-state index contributed by atoms with van der Waals surface area (Å²) >= 11 is 3.34. The standard InChI is InChI=1S/C23H16BrF6N5O2/c24-17-3-1-13(2-4-17)11-34-12-32-19-18(21(34)37)10-33-35(19)6-5-31-20(36)14-7-15(22(25,26)27)9-16(8-14)23(28,29)30/h1-4,7-10,12H,5-6,11H2,(H,31,36). The maximum atomic E-state index is 13.0. The highest BCUT2D eigenvalue weighted by Gasteiger charge is 2.37. The first-order valence-corrected chi connectivity index (χ1v) is 11.4. The van der Waals surface area contributed by atoms with Gasteiger partial charge in [-0.25, -0.2) is 9.67 Å². The molecule has 14 heteroatoms. The normalized spacial score (nSPS) is 12.2. The topological polar surface area (TPSA) is 81.8 Å². The second kappa shape index (κ2) is 10.00. The van der Waals surface area contributed by atoms with Crippen molar-refractivity contribution < 1.29 is 31.1 Å². The van der Waals surface area contributed by atoms with Crippen molar-refractivity contribution in [2.24, 2.45) is 0 Å². The summed E-state index contributed by atoms with van der Waals surface area (Å²) in [5.41, 5.74) is -3.24. The SMILES string of the molecule is O=C(NCCn1ncc2c(=O)n(Cc3ccc(Br)cc3)cnc21)c1cc(C(F)(F)F)cc(C(F)(F)F)c1. The highest BCUT2D eigenvalue weighted by atomic mass is 79.9. The van der Waals surface area contributed by atoms with Crippen LogP contribution in [0.1, 0.15) is 27.0 Å². The number of carbonyl (C=O) groups excluding carboxylic acids is 1. The monoisotopic (exact) mass is 587 g/mol. The molecule has 194 valence electrons. The molecule has 0 aliphatic rings. The smallest absolute Gasteiger partial charge is 0.350 e. The van der Waals surface area contributed by atoms with E-state index in [9.17, 15) is 35.9 Å². The molecule has 0 radical (unpaired) electrons. The van der Waals surface area contributed by atoms with Gasteiger partial charge in [0.05, 0.1) is 30.4 Å². The van der Waals surface area contributed by atoms with Gasteiger partial charge in [-0.05, 0) is 35.9 Å². The van der Waals surface area contributed by atoms with Gasteiger partial charge in [0.25, 0.3) is 11.5 Å². The molecule has 0 spiro atoms. The number of fused-ring (bicyclic) bond motifs is 1. The highest BCUT2D eigenvalue weighted by molar-refractivity contribution is 9.10. The summed E-state index contributed by atoms with van der Waals surface area (Å²) in [7, 11) is 0. The molecule has 0 aliphatic heterocycles. The number of amides is 1. The van der Waals surface area contributed by atoms with Crippen LogP contribution >= 0.6 is 15.9 Å². The lowest BCUT2D eigenvalue weighted by molar-refractivity contribution is -0.143. The van der Waals surface area contributed by atoms with Crippen molar-refractivity contribution in [2.45, 2.75) is 25.4 Å². The van der Waals surface area contributed by atoms with Crippen LogP contribution in [0.5, 0.6) is 0 Å². The summed E-state index contributed by atoms with van der Waals surface area (Å²) in [6.07, 6.45) is -7.50. The van der Waals surface area contributed by atoms with Crippen molar-refractivity contribution in [1.29, 1.82) is 0 Å². The first kappa shape index (κ1) is 26.4. The van der Waals surface area contributed by atoms with Crippen LogP contribution in [0.4, 0.5) is 26.3 Å². The van der Waals surface area contributed by atoms with Crippen molar-refractivity contribution >= 4 is 32.9 Å². The number of nitrogens with one attached hydrogen (secondary N) is 1. The van der Waals surface area contributed by atoms with Gasteiger partial charge >= 0.3 is 12.4 Å². The number of alkyl halides is 6. The van der Waals surface area contributed by atoms with E-state index >= 15 is 0 Å². The van der Waals surface area contributed by atoms with E-state index in [0.29, 0.717) is 12.1 Å². The number of aromatic nitrogens is 4. The van der Waals surface area contributed by atoms with Crippen LogP contribution < -0.4 is 10.9 Å². The Morgan fingerprint density at radius 2 is 1.59 bits per heavy atom. The van der Waals surface area contributed by atoms with E-state index in [2.05, 4.69) is 31.3 Å². The van der Waals surface area contributed by atoms with Crippen LogP contribution in [0.25, 0.3) is 11.0 Å². The van der Waals surface area contributed by atoms with Crippen LogP contribution in [0.15, 0.2) is 64.3 Å². The number of hydrogen-bond donors (Lipinski definition) is 1. The minimum Gasteiger partial charge on any atom is -0.350 e. The van der Waals surface area contributed by atoms with Crippen molar-refractivity contribution in [3.8, 4) is 0 Å². The maximum absolute atomic E-state index is 13.0. The third-order valence-electron chi connectivity index (χ3n) is 5.35. The fourth-order valence-electron chi connectivity index (χ4n) is 3.52. The average molecular weight is 588 g/mol. The highest BCUT2D eigenvalue weighted by Crippen LogP contribution is 2.36. The van der Waals surface area contributed by atoms with Gasteiger partial charge in [0.15, 0.2) is 5.65 Å². The van der Waals surface area contributed by atoms with Gasteiger partial charge in [0, 0.05) is 16.6 Å². The summed E-state index contributed by atoms with van der Waals surface area (Å²) in [6, 6.07) is 8.00. The molecule has 1 amide bonds. The molecule has 0 saturated heterocycles. The van der Waals surface area contributed by atoms with Gasteiger partial charge in [-0.3, -0.25) is 14.2 Å². The summed E-state index contributed by atoms with van der Waals surface area (Å²) in [5, 5.41) is 6.54. The van der Waals surface area contributed by atoms with Gasteiger partial charge in [-0.15, -0.1) is 0 Å². The molecule has 0 bridgehead atoms. The molecular formula is C23H16BrF6N5O2. The molecule has 4 rings (SSSR count). The number of hydrogen-bond acceptors (Lipinski definition) is 4. The van der Waals surface area contributed by atoms with E-state index in [4.69, 9.17) is 0 Å². The number of carbonyl (C=O) groups is 1. The lowest BCUT2D eigenvalue weighted by Crippen LogP contribution is -2.28. The van der Waals surface area contributed by atoms with Crippen molar-refractivity contribution in [3.05, 3.63) is 92.1 Å². The average Bonchev–Trinajstić information content (AvgIpc) is 3.24. The Morgan fingerprint density at radius 3 is 2.19 bits per heavy atom. The second-order valence-electron chi connectivity index (χ2n) is 7.96. The van der Waals surface area contributed by atoms with E-state index in [-0.39, 0.29) is 42.3 Å². The van der Waals surface area contributed by atoms with Crippen LogP contribution in [0.3, 0.4) is 0 Å². The second-order valence-corrected chi connectivity index (χ2v) is 8.88. The van der Waals surface area contributed by atoms with Crippen LogP contribution in [0, 0.1) is 0 Å². The zero-order valence-electron chi connectivity index (χ0n) is 18.6. The third kappa shape index (κ3) is 6.01. The number of benzene rings is 2. The lowest BCUT2D eigenvalue weighted by Gasteiger charge is -2.14. The van der Waals surface area contributed by atoms with Crippen molar-refractivity contribution in [2.75, 3.05) is 6.54 Å². The van der Waals surface area contributed by atoms with Crippen LogP contribution in [-0.2, 0) is 25.4 Å². The Labute approximate surface area is 212 Å². The summed E-state index contributed by atoms with van der Waals surface area (Å²) in [5.74, 6) is -1.13. The van der Waals surface area contributed by atoms with Gasteiger partial charge < -0.3 is 5.32 Å². The molecule has 0 atom stereocenters. The Bertz CT molecular complexity index is 1480. The Morgan fingerprint density at radius 1 is 0.973 bits per heavy atom. The summed E-state index contributed by atoms with van der Waals surface area (Å²) in [6.45, 7) is 0.0353. The molecule has 2 heterocycles. The van der Waals surface area contributed by atoms with Gasteiger partial charge in [0.2, 0.25) is 0 Å². The molecule has 7 nitrogen and oxygen atoms in total. The zero-order chi connectivity index (χ0) is 27.0. The first-order valence-electron chi connectivity index (χ1n) is 10.6. The molecule has 2 aromatic heterocycles. The molecule has 37 heavy (non-hydrogen) atoms. The van der Waals surface area contributed by atoms with E-state index in [1.165, 1.54) is 21.8 Å². The van der Waals surface area contributed by atoms with Gasteiger partial charge in [0.1, 0.15) is 11.7 Å². The molecular weight excluding hydrogens is 572 g/mol. The molecule has 0 aliphatic carbocycles. The summed E-state index contributed by atoms with van der Waals surface area (Å²) < 4.78 is 81.8. The van der Waals surface area contributed by atoms with Crippen LogP contribution in [-0.4, -0.2) is 31.8 Å². The minimum absolute atomic E-state index is 0.0382. The Hall–Kier alpha value is -3.68. The number of nitrogens with zero attached hydrogens (tertiary/aromatic N) is 4. The Kier molecular flexibility index (Phi) is 7.13. The predicted molar refractivity (Wildman–Crippen MR) is 124 cm³/mol. The largest absolute Gasteiger partial charge is 0.416 e. The van der Waals surface area contributed by atoms with Crippen molar-refractivity contribution in [1.82, 2.24) is 24.6 Å². The van der Waals surface area contributed by atoms with E-state index in [0.717, 1.165) is 10.0 Å². The van der Waals surface area contributed by atoms with E-state index in [1.807, 2.05) is 24.3 Å². The fraction of sp³-hybridized carbons (Fsp3) is 0.217. The van der Waals surface area contributed by atoms with E-state index < -0.39 is 35.0 Å². The number of halogens is 7. The molecule has 0 fully saturated rings. The quantitative estimate of drug-likeness (QED) is 0.326. The maximum Gasteiger partial charge on any atom is 0.416 e. The molecule has 2 aromatic carbocycles. The fourth-order valence-corrected chi connectivity index (χ4v) is 3.79. The van der Waals surface area contributed by atoms with Gasteiger partial charge in [-0.2, -0.15) is 31.4 Å². The molecule has 0 saturated carbocycles. The van der Waals surface area contributed by atoms with Crippen LogP contribution in [0.2, 0.25) is 0 Å². The Balaban J connectivity index is 1.48. The lowest BCUT2D eigenvalue weighted by atomic mass is 10.0. The number of rotatable bonds is 6. The van der Waals surface area contributed by atoms with E-state index in [1.54, 1.807) is 0 Å². The minimum atomic E-state index is -5.07.